The largest absolute Gasteiger partial charge is 0.508 e. The van der Waals surface area contributed by atoms with Gasteiger partial charge < -0.3 is 56.1 Å². The quantitative estimate of drug-likeness (QED) is 0.0663. The van der Waals surface area contributed by atoms with Crippen LogP contribution in [0.3, 0.4) is 0 Å². The number of carbonyl (C=O) groups excluding carboxylic acids is 8. The first-order valence-electron chi connectivity index (χ1n) is 22.5. The van der Waals surface area contributed by atoms with Crippen molar-refractivity contribution in [3.05, 3.63) is 77.5 Å². The number of fused-ring (bicyclic) bond motifs is 2. The molecule has 2 aromatic carbocycles. The van der Waals surface area contributed by atoms with Gasteiger partial charge in [0.15, 0.2) is 6.10 Å². The smallest absolute Gasteiger partial charge is 0.397 e. The molecule has 70 heavy (non-hydrogen) atoms. The van der Waals surface area contributed by atoms with Gasteiger partial charge >= 0.3 is 16.4 Å². The van der Waals surface area contributed by atoms with Gasteiger partial charge in [-0.15, -0.1) is 0 Å². The van der Waals surface area contributed by atoms with Crippen LogP contribution in [0.2, 0.25) is 0 Å². The van der Waals surface area contributed by atoms with Gasteiger partial charge in [-0.2, -0.15) is 8.42 Å². The van der Waals surface area contributed by atoms with E-state index in [2.05, 4.69) is 30.8 Å². The molecule has 9 atom stereocenters. The molecule has 0 spiro atoms. The average molecular weight is 1000 g/mol. The van der Waals surface area contributed by atoms with E-state index in [0.29, 0.717) is 11.1 Å². The van der Waals surface area contributed by atoms with Gasteiger partial charge in [-0.05, 0) is 61.8 Å². The van der Waals surface area contributed by atoms with Crippen LogP contribution >= 0.6 is 0 Å². The molecule has 384 valence electrons. The maximum absolute atomic E-state index is 15.0. The fraction of sp³-hybridized carbons (Fsp3) is 0.522. The summed E-state index contributed by atoms with van der Waals surface area (Å²) in [6.07, 6.45) is -4.11. The zero-order valence-electron chi connectivity index (χ0n) is 40.1. The Balaban J connectivity index is 1.82. The summed E-state index contributed by atoms with van der Waals surface area (Å²) in [5.74, 6) is -9.30. The number of benzene rings is 2. The Morgan fingerprint density at radius 2 is 1.50 bits per heavy atom. The Kier molecular flexibility index (Phi) is 20.0. The maximum Gasteiger partial charge on any atom is 0.397 e. The minimum atomic E-state index is -4.99. The molecular formula is C46H63N7O16S. The highest BCUT2D eigenvalue weighted by Crippen LogP contribution is 2.26. The molecule has 4 rings (SSSR count). The van der Waals surface area contributed by atoms with Crippen LogP contribution in [0.5, 0.6) is 5.75 Å². The Bertz CT molecular complexity index is 2370. The van der Waals surface area contributed by atoms with Crippen LogP contribution in [-0.4, -0.2) is 156 Å². The van der Waals surface area contributed by atoms with E-state index in [0.717, 1.165) is 16.9 Å². The summed E-state index contributed by atoms with van der Waals surface area (Å²) in [6.45, 7) is 7.85. The van der Waals surface area contributed by atoms with Gasteiger partial charge in [0, 0.05) is 27.0 Å². The molecule has 0 radical (unpaired) electrons. The van der Waals surface area contributed by atoms with Crippen molar-refractivity contribution in [3.8, 4) is 5.75 Å². The second kappa shape index (κ2) is 24.9. The third kappa shape index (κ3) is 15.0. The minimum absolute atomic E-state index is 0.0742. The van der Waals surface area contributed by atoms with Crippen molar-refractivity contribution in [2.45, 2.75) is 122 Å². The van der Waals surface area contributed by atoms with E-state index in [4.69, 9.17) is 14.0 Å². The molecule has 8 N–H and O–H groups in total. The number of nitrogens with zero attached hydrogens (tertiary/aromatic N) is 2. The number of esters is 1. The first-order chi connectivity index (χ1) is 32.9. The second-order valence-electron chi connectivity index (χ2n) is 17.6. The summed E-state index contributed by atoms with van der Waals surface area (Å²) in [6, 6.07) is 5.40. The van der Waals surface area contributed by atoms with Crippen LogP contribution < -0.4 is 26.6 Å². The summed E-state index contributed by atoms with van der Waals surface area (Å²) in [4.78, 5) is 116. The van der Waals surface area contributed by atoms with Crippen LogP contribution in [0, 0.1) is 11.8 Å². The highest BCUT2D eigenvalue weighted by Gasteiger charge is 2.45. The highest BCUT2D eigenvalue weighted by molar-refractivity contribution is 7.80. The topological polar surface area (TPSA) is 326 Å². The number of aliphatic hydroxyl groups is 1. The molecule has 2 fully saturated rings. The number of nitrogens with one attached hydrogen (secondary N) is 5. The first-order valence-corrected chi connectivity index (χ1v) is 23.9. The predicted octanol–water partition coefficient (Wildman–Crippen LogP) is -0.635. The summed E-state index contributed by atoms with van der Waals surface area (Å²) in [7, 11) is -2.62. The molecule has 2 saturated heterocycles. The van der Waals surface area contributed by atoms with Gasteiger partial charge in [0.1, 0.15) is 66.6 Å². The van der Waals surface area contributed by atoms with Gasteiger partial charge in [-0.3, -0.25) is 38.1 Å². The molecule has 24 heteroatoms. The molecule has 23 nitrogen and oxygen atoms in total. The lowest BCUT2D eigenvalue weighted by atomic mass is 9.95. The number of methoxy groups -OCH3 is 1. The summed E-state index contributed by atoms with van der Waals surface area (Å²) in [5.41, 5.74) is 0.638. The van der Waals surface area contributed by atoms with Gasteiger partial charge in [0.25, 0.3) is 17.7 Å². The summed E-state index contributed by atoms with van der Waals surface area (Å²) < 4.78 is 46.4. The lowest BCUT2D eigenvalue weighted by molar-refractivity contribution is -0.165. The van der Waals surface area contributed by atoms with Crippen LogP contribution in [0.4, 0.5) is 0 Å². The monoisotopic (exact) mass is 1000 g/mol. The molecule has 0 saturated carbocycles. The maximum atomic E-state index is 15.0. The van der Waals surface area contributed by atoms with Crippen molar-refractivity contribution in [2.75, 3.05) is 20.8 Å². The number of likely N-dealkylation sites (N-methyl/N-ethyl adjacent to an activating group) is 1. The molecule has 2 bridgehead atoms. The Morgan fingerprint density at radius 3 is 2.07 bits per heavy atom. The molecule has 7 amide bonds. The molecule has 2 aliphatic heterocycles. The van der Waals surface area contributed by atoms with E-state index in [1.54, 1.807) is 44.2 Å². The summed E-state index contributed by atoms with van der Waals surface area (Å²) >= 11 is 0. The number of hydrogen-bond donors (Lipinski definition) is 8. The number of hydrogen-bond acceptors (Lipinski definition) is 15. The number of cyclic esters (lactones) is 1. The lowest BCUT2D eigenvalue weighted by Crippen LogP contribution is -2.64. The second-order valence-corrected chi connectivity index (χ2v) is 18.7. The number of carbonyl (C=O) groups is 8. The van der Waals surface area contributed by atoms with Crippen LogP contribution in [0.15, 0.2) is 66.4 Å². The fourth-order valence-corrected chi connectivity index (χ4v) is 8.08. The zero-order valence-corrected chi connectivity index (χ0v) is 40.9. The molecular weight excluding hydrogens is 939 g/mol. The van der Waals surface area contributed by atoms with Gasteiger partial charge in [-0.1, -0.05) is 76.2 Å². The van der Waals surface area contributed by atoms with Gasteiger partial charge in [0.2, 0.25) is 23.6 Å². The molecule has 2 aromatic rings. The third-order valence-corrected chi connectivity index (χ3v) is 12.3. The lowest BCUT2D eigenvalue weighted by Gasteiger charge is -2.43. The fourth-order valence-electron chi connectivity index (χ4n) is 7.79. The number of phenolic OH excluding ortho intramolecular Hbond substituents is 1. The molecule has 0 aromatic heterocycles. The van der Waals surface area contributed by atoms with Crippen molar-refractivity contribution in [3.63, 3.8) is 0 Å². The number of rotatable bonds is 14. The highest BCUT2D eigenvalue weighted by atomic mass is 32.3. The zero-order chi connectivity index (χ0) is 52.2. The van der Waals surface area contributed by atoms with Gasteiger partial charge in [0.05, 0.1) is 0 Å². The number of ether oxygens (including phenoxy) is 2. The Morgan fingerprint density at radius 1 is 0.886 bits per heavy atom. The minimum Gasteiger partial charge on any atom is -0.508 e. The predicted molar refractivity (Wildman–Crippen MR) is 248 cm³/mol. The molecule has 2 aliphatic rings. The van der Waals surface area contributed by atoms with Crippen LogP contribution in [-0.2, 0) is 75.3 Å². The van der Waals surface area contributed by atoms with E-state index in [-0.39, 0.29) is 31.4 Å². The van der Waals surface area contributed by atoms with Gasteiger partial charge in [-0.25, -0.2) is 8.98 Å². The SMILES string of the molecule is C/C=C1\NC(=O)[C@H](NC(=O)[C@@H](NC(=O)[C@@H](COS(=O)(=O)O)OC)C(C)C)[C@@H](C)OC(=O)[C@H](C(C)C)NC(=O)[C@H](Cc2ccc(O)cc2)N(C)C(=O)[C@H](Cc2ccccc2)N2C(=O)[C@H](CC[C@H]2O)NC1=O. The standard InChI is InChI=1S/C46H63N7O16S/c1-9-30-39(56)48-31-19-20-35(55)53(44(31)61)33(22-27-13-11-10-12-14-27)45(62)52(7)32(21-28-15-17-29(54)18-16-28)40(57)50-37(25(4)5)46(63)69-26(6)38(43(60)47-30)51-42(59)36(24(2)3)49-41(58)34(67-8)23-68-70(64,65)66/h9-18,24-26,31-38,54-55H,19-23H2,1-8H3,(H,47,60)(H,48,56)(H,49,58)(H,50,57)(H,51,59)(H,64,65,66)/b30-9-/t26-,31+,32+,33+,34-,35-,36+,37+,38-/m1/s1. The normalized spacial score (nSPS) is 24.9. The van der Waals surface area contributed by atoms with E-state index in [1.165, 1.54) is 65.1 Å². The Hall–Kier alpha value is -6.47. The van der Waals surface area contributed by atoms with Crippen molar-refractivity contribution in [2.24, 2.45) is 11.8 Å². The van der Waals surface area contributed by atoms with Crippen LogP contribution in [0.25, 0.3) is 0 Å². The summed E-state index contributed by atoms with van der Waals surface area (Å²) in [5, 5.41) is 34.0. The van der Waals surface area contributed by atoms with Crippen molar-refractivity contribution < 1.29 is 75.2 Å². The van der Waals surface area contributed by atoms with Crippen molar-refractivity contribution in [1.82, 2.24) is 36.4 Å². The molecule has 2 heterocycles. The number of phenols is 1. The van der Waals surface area contributed by atoms with E-state index in [1.807, 2.05) is 0 Å². The Labute approximate surface area is 406 Å². The van der Waals surface area contributed by atoms with E-state index < -0.39 is 137 Å². The first kappa shape index (κ1) is 56.1. The number of allylic oxidation sites excluding steroid dienone is 1. The van der Waals surface area contributed by atoms with Crippen molar-refractivity contribution in [1.29, 1.82) is 0 Å². The number of aliphatic hydroxyl groups excluding tert-OH is 1. The average Bonchev–Trinajstić information content (AvgIpc) is 3.30. The van der Waals surface area contributed by atoms with Crippen molar-refractivity contribution >= 4 is 57.7 Å². The number of piperidine rings is 1. The molecule has 0 aliphatic carbocycles. The molecule has 0 unspecified atom stereocenters. The third-order valence-electron chi connectivity index (χ3n) is 11.8. The number of amides is 7. The van der Waals surface area contributed by atoms with E-state index in [9.17, 15) is 57.0 Å². The van der Waals surface area contributed by atoms with Crippen LogP contribution in [0.1, 0.15) is 65.5 Å². The van der Waals surface area contributed by atoms with E-state index >= 15 is 0 Å². The number of aromatic hydroxyl groups is 1.